The second-order valence-electron chi connectivity index (χ2n) is 4.17. The lowest BCUT2D eigenvalue weighted by molar-refractivity contribution is 0.475. The molecular weight excluding hydrogens is 242 g/mol. The third-order valence-corrected chi connectivity index (χ3v) is 2.87. The summed E-state index contributed by atoms with van der Waals surface area (Å²) in [7, 11) is 0. The van der Waals surface area contributed by atoms with Crippen LogP contribution in [0.5, 0.6) is 5.75 Å². The molecule has 0 fully saturated rings. The highest BCUT2D eigenvalue weighted by Crippen LogP contribution is 2.15. The van der Waals surface area contributed by atoms with Crippen LogP contribution in [0.2, 0.25) is 0 Å². The van der Waals surface area contributed by atoms with Crippen LogP contribution in [0.25, 0.3) is 11.2 Å². The van der Waals surface area contributed by atoms with Gasteiger partial charge in [-0.1, -0.05) is 12.1 Å². The Morgan fingerprint density at radius 2 is 1.95 bits per heavy atom. The lowest BCUT2D eigenvalue weighted by atomic mass is 10.1. The van der Waals surface area contributed by atoms with Crippen LogP contribution >= 0.6 is 0 Å². The number of aromatic hydroxyl groups is 1. The molecule has 6 heteroatoms. The molecule has 0 spiro atoms. The summed E-state index contributed by atoms with van der Waals surface area (Å²) in [6.07, 6.45) is 3.94. The summed E-state index contributed by atoms with van der Waals surface area (Å²) in [6, 6.07) is 7.19. The zero-order chi connectivity index (χ0) is 13.1. The summed E-state index contributed by atoms with van der Waals surface area (Å²) in [4.78, 5) is 15.3. The molecular formula is C13H13N5O. The van der Waals surface area contributed by atoms with E-state index in [-0.39, 0.29) is 5.75 Å². The van der Waals surface area contributed by atoms with Crippen LogP contribution in [0.1, 0.15) is 5.56 Å². The number of aromatic amines is 1. The summed E-state index contributed by atoms with van der Waals surface area (Å²) >= 11 is 0. The number of phenols is 1. The first kappa shape index (κ1) is 11.5. The molecule has 2 aromatic heterocycles. The van der Waals surface area contributed by atoms with Crippen LogP contribution in [0.15, 0.2) is 36.9 Å². The Morgan fingerprint density at radius 3 is 2.79 bits per heavy atom. The zero-order valence-corrected chi connectivity index (χ0v) is 10.2. The second-order valence-corrected chi connectivity index (χ2v) is 4.17. The number of hydrogen-bond acceptors (Lipinski definition) is 5. The molecule has 0 unspecified atom stereocenters. The summed E-state index contributed by atoms with van der Waals surface area (Å²) in [6.45, 7) is 0.746. The third kappa shape index (κ3) is 2.47. The average molecular weight is 255 g/mol. The van der Waals surface area contributed by atoms with E-state index in [1.54, 1.807) is 18.5 Å². The maximum Gasteiger partial charge on any atom is 0.182 e. The molecule has 0 bridgehead atoms. The summed E-state index contributed by atoms with van der Waals surface area (Å²) in [5.41, 5.74) is 2.62. The number of nitrogens with zero attached hydrogens (tertiary/aromatic N) is 3. The SMILES string of the molecule is Oc1ccc(CCNc2ncnc3nc[nH]c23)cc1. The van der Waals surface area contributed by atoms with Gasteiger partial charge in [0.05, 0.1) is 6.33 Å². The van der Waals surface area contributed by atoms with E-state index in [9.17, 15) is 5.11 Å². The van der Waals surface area contributed by atoms with Gasteiger partial charge in [-0.2, -0.15) is 0 Å². The number of imidazole rings is 1. The van der Waals surface area contributed by atoms with E-state index < -0.39 is 0 Å². The number of hydrogen-bond donors (Lipinski definition) is 3. The van der Waals surface area contributed by atoms with Crippen molar-refractivity contribution in [3.05, 3.63) is 42.5 Å². The molecule has 1 aromatic carbocycles. The van der Waals surface area contributed by atoms with Gasteiger partial charge in [-0.25, -0.2) is 15.0 Å². The van der Waals surface area contributed by atoms with Crippen molar-refractivity contribution >= 4 is 17.0 Å². The van der Waals surface area contributed by atoms with E-state index in [1.807, 2.05) is 12.1 Å². The molecule has 0 atom stereocenters. The van der Waals surface area contributed by atoms with E-state index in [4.69, 9.17) is 0 Å². The number of H-pyrrole nitrogens is 1. The van der Waals surface area contributed by atoms with Crippen LogP contribution in [-0.2, 0) is 6.42 Å². The first-order valence-corrected chi connectivity index (χ1v) is 5.99. The Morgan fingerprint density at radius 1 is 1.11 bits per heavy atom. The number of phenolic OH excluding ortho intramolecular Hbond substituents is 1. The predicted molar refractivity (Wildman–Crippen MR) is 72.0 cm³/mol. The summed E-state index contributed by atoms with van der Waals surface area (Å²) in [5.74, 6) is 1.04. The predicted octanol–water partition coefficient (Wildman–Crippen LogP) is 1.71. The molecule has 3 aromatic rings. The molecule has 3 N–H and O–H groups in total. The molecule has 0 saturated carbocycles. The minimum absolute atomic E-state index is 0.284. The number of anilines is 1. The van der Waals surface area contributed by atoms with Gasteiger partial charge >= 0.3 is 0 Å². The van der Waals surface area contributed by atoms with Crippen molar-refractivity contribution in [2.24, 2.45) is 0 Å². The number of benzene rings is 1. The number of nitrogens with one attached hydrogen (secondary N) is 2. The molecule has 6 nitrogen and oxygen atoms in total. The Hall–Kier alpha value is -2.63. The highest BCUT2D eigenvalue weighted by atomic mass is 16.3. The van der Waals surface area contributed by atoms with Crippen molar-refractivity contribution in [2.75, 3.05) is 11.9 Å². The monoisotopic (exact) mass is 255 g/mol. The van der Waals surface area contributed by atoms with E-state index in [0.717, 1.165) is 29.9 Å². The van der Waals surface area contributed by atoms with Gasteiger partial charge in [0, 0.05) is 6.54 Å². The maximum absolute atomic E-state index is 9.21. The van der Waals surface area contributed by atoms with Crippen LogP contribution in [0, 0.1) is 0 Å². The number of rotatable bonds is 4. The fraction of sp³-hybridized carbons (Fsp3) is 0.154. The van der Waals surface area contributed by atoms with Crippen molar-refractivity contribution in [3.63, 3.8) is 0 Å². The largest absolute Gasteiger partial charge is 0.508 e. The van der Waals surface area contributed by atoms with Gasteiger partial charge in [-0.05, 0) is 24.1 Å². The van der Waals surface area contributed by atoms with Gasteiger partial charge in [0.2, 0.25) is 0 Å². The van der Waals surface area contributed by atoms with Crippen LogP contribution < -0.4 is 5.32 Å². The smallest absolute Gasteiger partial charge is 0.182 e. The average Bonchev–Trinajstić information content (AvgIpc) is 2.90. The van der Waals surface area contributed by atoms with E-state index in [0.29, 0.717) is 5.65 Å². The third-order valence-electron chi connectivity index (χ3n) is 2.87. The molecule has 19 heavy (non-hydrogen) atoms. The molecule has 2 heterocycles. The summed E-state index contributed by atoms with van der Waals surface area (Å²) < 4.78 is 0. The van der Waals surface area contributed by atoms with Crippen molar-refractivity contribution in [3.8, 4) is 5.75 Å². The fourth-order valence-corrected chi connectivity index (χ4v) is 1.89. The quantitative estimate of drug-likeness (QED) is 0.660. The molecule has 0 amide bonds. The first-order chi connectivity index (χ1) is 9.33. The van der Waals surface area contributed by atoms with Crippen LogP contribution in [0.4, 0.5) is 5.82 Å². The van der Waals surface area contributed by atoms with E-state index >= 15 is 0 Å². The van der Waals surface area contributed by atoms with Crippen molar-refractivity contribution in [2.45, 2.75) is 6.42 Å². The second kappa shape index (κ2) is 4.93. The lowest BCUT2D eigenvalue weighted by Crippen LogP contribution is -2.07. The van der Waals surface area contributed by atoms with Crippen molar-refractivity contribution in [1.82, 2.24) is 19.9 Å². The molecule has 0 aliphatic rings. The molecule has 0 aliphatic heterocycles. The first-order valence-electron chi connectivity index (χ1n) is 5.99. The highest BCUT2D eigenvalue weighted by molar-refractivity contribution is 5.81. The molecule has 0 saturated heterocycles. The minimum Gasteiger partial charge on any atom is -0.508 e. The number of aromatic nitrogens is 4. The Balaban J connectivity index is 1.66. The van der Waals surface area contributed by atoms with Gasteiger partial charge in [-0.15, -0.1) is 0 Å². The van der Waals surface area contributed by atoms with Gasteiger partial charge in [-0.3, -0.25) is 0 Å². The van der Waals surface area contributed by atoms with Gasteiger partial charge < -0.3 is 15.4 Å². The minimum atomic E-state index is 0.284. The number of fused-ring (bicyclic) bond motifs is 1. The van der Waals surface area contributed by atoms with Crippen molar-refractivity contribution in [1.29, 1.82) is 0 Å². The lowest BCUT2D eigenvalue weighted by Gasteiger charge is -2.06. The Bertz CT molecular complexity index is 677. The van der Waals surface area contributed by atoms with Gasteiger partial charge in [0.1, 0.15) is 17.6 Å². The molecule has 0 aliphatic carbocycles. The highest BCUT2D eigenvalue weighted by Gasteiger charge is 2.04. The van der Waals surface area contributed by atoms with Crippen LogP contribution in [-0.4, -0.2) is 31.6 Å². The molecule has 3 rings (SSSR count). The summed E-state index contributed by atoms with van der Waals surface area (Å²) in [5, 5.41) is 12.5. The molecule has 96 valence electrons. The zero-order valence-electron chi connectivity index (χ0n) is 10.2. The maximum atomic E-state index is 9.21. The molecule has 0 radical (unpaired) electrons. The van der Waals surface area contributed by atoms with E-state index in [1.165, 1.54) is 6.33 Å². The Labute approximate surface area is 109 Å². The van der Waals surface area contributed by atoms with Crippen molar-refractivity contribution < 1.29 is 5.11 Å². The topological polar surface area (TPSA) is 86.7 Å². The standard InChI is InChI=1S/C13H13N5O/c19-10-3-1-9(2-4-10)5-6-14-12-11-13(16-7-15-11)18-8-17-12/h1-4,7-8,19H,5-6H2,(H2,14,15,16,17,18). The fourth-order valence-electron chi connectivity index (χ4n) is 1.89. The van der Waals surface area contributed by atoms with Crippen LogP contribution in [0.3, 0.4) is 0 Å². The normalized spacial score (nSPS) is 10.7. The Kier molecular flexibility index (Phi) is 2.97. The van der Waals surface area contributed by atoms with E-state index in [2.05, 4.69) is 25.3 Å². The van der Waals surface area contributed by atoms with Gasteiger partial charge in [0.15, 0.2) is 11.5 Å². The van der Waals surface area contributed by atoms with Gasteiger partial charge in [0.25, 0.3) is 0 Å².